The van der Waals surface area contributed by atoms with Crippen LogP contribution in [0.15, 0.2) is 18.2 Å². The normalized spacial score (nSPS) is 25.2. The third-order valence-electron chi connectivity index (χ3n) is 5.12. The number of hydrogen-bond acceptors (Lipinski definition) is 3. The van der Waals surface area contributed by atoms with Crippen LogP contribution in [0.25, 0.3) is 0 Å². The van der Waals surface area contributed by atoms with Gasteiger partial charge in [-0.05, 0) is 25.1 Å². The SMILES string of the molecule is CC1CC(N2CC(Nc3ccc(C(=O)N(C)C)c(Cl)c3)C2)CC[NH2+]1. The van der Waals surface area contributed by atoms with Gasteiger partial charge >= 0.3 is 0 Å². The number of nitrogens with zero attached hydrogens (tertiary/aromatic N) is 2. The third kappa shape index (κ3) is 3.85. The zero-order valence-electron chi connectivity index (χ0n) is 14.8. The standard InChI is InChI=1S/C18H27ClN4O/c1-12-8-15(6-7-20-12)23-10-14(11-23)21-13-4-5-16(17(19)9-13)18(24)22(2)3/h4-5,9,12,14-15,20-21H,6-8,10-11H2,1-3H3/p+1. The summed E-state index contributed by atoms with van der Waals surface area (Å²) in [5.74, 6) is -0.0652. The molecule has 1 aromatic carbocycles. The zero-order chi connectivity index (χ0) is 17.3. The molecule has 0 aliphatic carbocycles. The van der Waals surface area contributed by atoms with Crippen molar-refractivity contribution >= 4 is 23.2 Å². The first-order valence-corrected chi connectivity index (χ1v) is 9.17. The average molecular weight is 352 g/mol. The second-order valence-corrected chi connectivity index (χ2v) is 7.78. The van der Waals surface area contributed by atoms with Gasteiger partial charge in [-0.3, -0.25) is 9.69 Å². The largest absolute Gasteiger partial charge is 0.380 e. The topological polar surface area (TPSA) is 52.2 Å². The van der Waals surface area contributed by atoms with E-state index in [1.54, 1.807) is 19.0 Å². The smallest absolute Gasteiger partial charge is 0.254 e. The molecule has 2 atom stereocenters. The van der Waals surface area contributed by atoms with Crippen molar-refractivity contribution < 1.29 is 10.1 Å². The van der Waals surface area contributed by atoms with E-state index in [-0.39, 0.29) is 5.91 Å². The van der Waals surface area contributed by atoms with E-state index in [2.05, 4.69) is 22.5 Å². The van der Waals surface area contributed by atoms with Crippen LogP contribution in [0.5, 0.6) is 0 Å². The molecule has 2 fully saturated rings. The fourth-order valence-corrected chi connectivity index (χ4v) is 3.97. The van der Waals surface area contributed by atoms with Crippen LogP contribution in [-0.2, 0) is 0 Å². The molecule has 0 saturated carbocycles. The van der Waals surface area contributed by atoms with Crippen LogP contribution in [0.4, 0.5) is 5.69 Å². The minimum absolute atomic E-state index is 0.0652. The summed E-state index contributed by atoms with van der Waals surface area (Å²) in [6.07, 6.45) is 2.59. The Balaban J connectivity index is 1.53. The molecule has 2 aliphatic rings. The lowest BCUT2D eigenvalue weighted by Gasteiger charge is -2.46. The fraction of sp³-hybridized carbons (Fsp3) is 0.611. The van der Waals surface area contributed by atoms with Crippen LogP contribution >= 0.6 is 11.6 Å². The van der Waals surface area contributed by atoms with Crippen molar-refractivity contribution in [2.45, 2.75) is 37.9 Å². The number of benzene rings is 1. The molecule has 0 spiro atoms. The molecule has 6 heteroatoms. The highest BCUT2D eigenvalue weighted by atomic mass is 35.5. The molecule has 1 aromatic rings. The van der Waals surface area contributed by atoms with Gasteiger partial charge in [-0.2, -0.15) is 0 Å². The number of carbonyl (C=O) groups is 1. The summed E-state index contributed by atoms with van der Waals surface area (Å²) in [4.78, 5) is 16.2. The Kier molecular flexibility index (Phi) is 5.33. The number of nitrogens with two attached hydrogens (primary N) is 1. The summed E-state index contributed by atoms with van der Waals surface area (Å²) in [7, 11) is 3.47. The molecule has 0 aromatic heterocycles. The highest BCUT2D eigenvalue weighted by Crippen LogP contribution is 2.25. The van der Waals surface area contributed by atoms with Crippen LogP contribution < -0.4 is 10.6 Å². The lowest BCUT2D eigenvalue weighted by atomic mass is 9.94. The second kappa shape index (κ2) is 7.30. The predicted molar refractivity (Wildman–Crippen MR) is 97.7 cm³/mol. The molecule has 0 radical (unpaired) electrons. The maximum absolute atomic E-state index is 12.0. The maximum atomic E-state index is 12.0. The molecule has 3 rings (SSSR count). The van der Waals surface area contributed by atoms with E-state index >= 15 is 0 Å². The first-order chi connectivity index (χ1) is 11.4. The molecule has 132 valence electrons. The lowest BCUT2D eigenvalue weighted by Crippen LogP contribution is -2.92. The fourth-order valence-electron chi connectivity index (χ4n) is 3.71. The van der Waals surface area contributed by atoms with Crippen molar-refractivity contribution in [3.05, 3.63) is 28.8 Å². The molecule has 2 aliphatic heterocycles. The number of hydrogen-bond donors (Lipinski definition) is 2. The Morgan fingerprint density at radius 2 is 2.12 bits per heavy atom. The summed E-state index contributed by atoms with van der Waals surface area (Å²) in [5, 5.41) is 6.49. The van der Waals surface area contributed by atoms with Crippen molar-refractivity contribution in [1.29, 1.82) is 0 Å². The summed E-state index contributed by atoms with van der Waals surface area (Å²) in [5.41, 5.74) is 1.54. The van der Waals surface area contributed by atoms with Gasteiger partial charge in [-0.15, -0.1) is 0 Å². The first-order valence-electron chi connectivity index (χ1n) is 8.79. The van der Waals surface area contributed by atoms with Gasteiger partial charge in [0.15, 0.2) is 0 Å². The van der Waals surface area contributed by atoms with Gasteiger partial charge in [0.25, 0.3) is 5.91 Å². The zero-order valence-corrected chi connectivity index (χ0v) is 15.5. The second-order valence-electron chi connectivity index (χ2n) is 7.37. The van der Waals surface area contributed by atoms with Crippen LogP contribution in [0.2, 0.25) is 5.02 Å². The van der Waals surface area contributed by atoms with E-state index in [9.17, 15) is 4.79 Å². The first kappa shape index (κ1) is 17.5. The summed E-state index contributed by atoms with van der Waals surface area (Å²) in [6, 6.07) is 7.57. The number of quaternary nitrogens is 1. The molecule has 0 bridgehead atoms. The van der Waals surface area contributed by atoms with Gasteiger partial charge in [0.05, 0.1) is 29.2 Å². The third-order valence-corrected chi connectivity index (χ3v) is 5.43. The van der Waals surface area contributed by atoms with Crippen molar-refractivity contribution in [2.75, 3.05) is 39.0 Å². The Morgan fingerprint density at radius 1 is 1.38 bits per heavy atom. The van der Waals surface area contributed by atoms with Crippen LogP contribution in [0.1, 0.15) is 30.1 Å². The Bertz CT molecular complexity index is 601. The van der Waals surface area contributed by atoms with Crippen molar-refractivity contribution in [1.82, 2.24) is 9.80 Å². The highest BCUT2D eigenvalue weighted by Gasteiger charge is 2.35. The van der Waals surface area contributed by atoms with E-state index in [4.69, 9.17) is 11.6 Å². The van der Waals surface area contributed by atoms with E-state index < -0.39 is 0 Å². The maximum Gasteiger partial charge on any atom is 0.254 e. The van der Waals surface area contributed by atoms with Crippen molar-refractivity contribution in [3.63, 3.8) is 0 Å². The number of rotatable bonds is 4. The molecular weight excluding hydrogens is 324 g/mol. The minimum Gasteiger partial charge on any atom is -0.380 e. The Labute approximate surface area is 149 Å². The predicted octanol–water partition coefficient (Wildman–Crippen LogP) is 1.25. The van der Waals surface area contributed by atoms with Gasteiger partial charge < -0.3 is 15.5 Å². The lowest BCUT2D eigenvalue weighted by molar-refractivity contribution is -0.695. The number of halogens is 1. The summed E-state index contributed by atoms with van der Waals surface area (Å²) in [6.45, 7) is 5.75. The van der Waals surface area contributed by atoms with Crippen molar-refractivity contribution in [2.24, 2.45) is 0 Å². The molecular formula is C18H28ClN4O+. The van der Waals surface area contributed by atoms with Gasteiger partial charge in [-0.1, -0.05) is 11.6 Å². The minimum atomic E-state index is -0.0652. The number of nitrogens with one attached hydrogen (secondary N) is 1. The van der Waals surface area contributed by atoms with Gasteiger partial charge in [0.2, 0.25) is 0 Å². The van der Waals surface area contributed by atoms with Gasteiger partial charge in [0, 0.05) is 51.8 Å². The molecule has 2 unspecified atom stereocenters. The highest BCUT2D eigenvalue weighted by molar-refractivity contribution is 6.34. The number of likely N-dealkylation sites (tertiary alicyclic amines) is 1. The monoisotopic (exact) mass is 351 g/mol. The van der Waals surface area contributed by atoms with E-state index in [1.165, 1.54) is 19.4 Å². The van der Waals surface area contributed by atoms with Gasteiger partial charge in [-0.25, -0.2) is 0 Å². The van der Waals surface area contributed by atoms with Gasteiger partial charge in [0.1, 0.15) is 0 Å². The van der Waals surface area contributed by atoms with E-state index in [0.29, 0.717) is 16.6 Å². The number of piperidine rings is 1. The van der Waals surface area contributed by atoms with Crippen molar-refractivity contribution in [3.8, 4) is 0 Å². The molecule has 3 N–H and O–H groups in total. The summed E-state index contributed by atoms with van der Waals surface area (Å²) >= 11 is 6.28. The van der Waals surface area contributed by atoms with Crippen LogP contribution in [-0.4, -0.2) is 67.6 Å². The number of carbonyl (C=O) groups excluding carboxylic acids is 1. The molecule has 2 saturated heterocycles. The van der Waals surface area contributed by atoms with Crippen LogP contribution in [0, 0.1) is 0 Å². The molecule has 1 amide bonds. The molecule has 24 heavy (non-hydrogen) atoms. The van der Waals surface area contributed by atoms with E-state index in [0.717, 1.165) is 30.9 Å². The Hall–Kier alpha value is -1.30. The number of amides is 1. The molecule has 5 nitrogen and oxygen atoms in total. The molecule has 2 heterocycles. The van der Waals surface area contributed by atoms with Crippen LogP contribution in [0.3, 0.4) is 0 Å². The summed E-state index contributed by atoms with van der Waals surface area (Å²) < 4.78 is 0. The Morgan fingerprint density at radius 3 is 2.75 bits per heavy atom. The average Bonchev–Trinajstić information content (AvgIpc) is 2.49. The quantitative estimate of drug-likeness (QED) is 0.858. The van der Waals surface area contributed by atoms with E-state index in [1.807, 2.05) is 18.2 Å². The number of anilines is 1.